The molecular formula is C6H10INO2S. The van der Waals surface area contributed by atoms with Gasteiger partial charge in [0.15, 0.2) is 9.84 Å². The van der Waals surface area contributed by atoms with E-state index in [4.69, 9.17) is 0 Å². The van der Waals surface area contributed by atoms with Crippen LogP contribution in [0.25, 0.3) is 0 Å². The highest BCUT2D eigenvalue weighted by Crippen LogP contribution is 2.33. The first-order chi connectivity index (χ1) is 5.07. The molecule has 0 spiro atoms. The molecule has 0 N–H and O–H groups in total. The van der Waals surface area contributed by atoms with E-state index in [1.165, 1.54) is 0 Å². The van der Waals surface area contributed by atoms with Crippen molar-refractivity contribution in [3.63, 3.8) is 0 Å². The van der Waals surface area contributed by atoms with Crippen LogP contribution in [0.2, 0.25) is 0 Å². The summed E-state index contributed by atoms with van der Waals surface area (Å²) in [5.41, 5.74) is 0. The van der Waals surface area contributed by atoms with Gasteiger partial charge in [-0.05, 0) is 11.8 Å². The smallest absolute Gasteiger partial charge is 0.150 e. The van der Waals surface area contributed by atoms with Gasteiger partial charge in [-0.25, -0.2) is 11.5 Å². The fourth-order valence-corrected chi connectivity index (χ4v) is 5.19. The predicted molar refractivity (Wildman–Crippen MR) is 51.2 cm³/mol. The third kappa shape index (κ3) is 1.55. The lowest BCUT2D eigenvalue weighted by atomic mass is 10.0. The lowest BCUT2D eigenvalue weighted by Gasteiger charge is -2.04. The standard InChI is InChI=1S/C6H10INO2S/c7-8-1-5-3-11(9,10)4-6(5)2-8/h5-6H,1-4H2. The largest absolute Gasteiger partial charge is 0.247 e. The van der Waals surface area contributed by atoms with Crippen LogP contribution in [0.5, 0.6) is 0 Å². The molecular weight excluding hydrogens is 277 g/mol. The third-order valence-electron chi connectivity index (χ3n) is 2.47. The Labute approximate surface area is 80.6 Å². The van der Waals surface area contributed by atoms with Crippen molar-refractivity contribution < 1.29 is 8.42 Å². The highest BCUT2D eigenvalue weighted by molar-refractivity contribution is 14.1. The van der Waals surface area contributed by atoms with Crippen LogP contribution in [0, 0.1) is 11.8 Å². The Bertz CT molecular complexity index is 244. The van der Waals surface area contributed by atoms with E-state index in [1.807, 2.05) is 0 Å². The van der Waals surface area contributed by atoms with Gasteiger partial charge in [-0.2, -0.15) is 0 Å². The highest BCUT2D eigenvalue weighted by atomic mass is 127. The van der Waals surface area contributed by atoms with Crippen molar-refractivity contribution in [3.05, 3.63) is 0 Å². The molecule has 0 radical (unpaired) electrons. The van der Waals surface area contributed by atoms with Crippen LogP contribution in [0.3, 0.4) is 0 Å². The molecule has 2 rings (SSSR count). The van der Waals surface area contributed by atoms with Gasteiger partial charge in [-0.3, -0.25) is 0 Å². The maximum absolute atomic E-state index is 11.1. The molecule has 0 saturated carbocycles. The normalized spacial score (nSPS) is 42.6. The lowest BCUT2D eigenvalue weighted by Crippen LogP contribution is -2.14. The Morgan fingerprint density at radius 1 is 1.18 bits per heavy atom. The molecule has 11 heavy (non-hydrogen) atoms. The lowest BCUT2D eigenvalue weighted by molar-refractivity contribution is 0.533. The summed E-state index contributed by atoms with van der Waals surface area (Å²) in [4.78, 5) is 0. The van der Waals surface area contributed by atoms with E-state index in [1.54, 1.807) is 0 Å². The van der Waals surface area contributed by atoms with E-state index in [-0.39, 0.29) is 0 Å². The number of hydrogen-bond donors (Lipinski definition) is 0. The van der Waals surface area contributed by atoms with Gasteiger partial charge in [0.25, 0.3) is 0 Å². The fourth-order valence-electron chi connectivity index (χ4n) is 1.98. The first-order valence-electron chi connectivity index (χ1n) is 3.68. The number of halogens is 1. The number of hydrogen-bond acceptors (Lipinski definition) is 3. The zero-order valence-corrected chi connectivity index (χ0v) is 9.01. The molecule has 0 bridgehead atoms. The van der Waals surface area contributed by atoms with Crippen molar-refractivity contribution in [2.75, 3.05) is 24.6 Å². The maximum atomic E-state index is 11.1. The average Bonchev–Trinajstić information content (AvgIpc) is 2.17. The van der Waals surface area contributed by atoms with E-state index in [2.05, 4.69) is 26.0 Å². The second kappa shape index (κ2) is 2.56. The first kappa shape index (κ1) is 8.25. The summed E-state index contributed by atoms with van der Waals surface area (Å²) in [5.74, 6) is 1.71. The summed E-state index contributed by atoms with van der Waals surface area (Å²) in [6.45, 7) is 1.93. The minimum Gasteiger partial charge on any atom is -0.247 e. The van der Waals surface area contributed by atoms with Gasteiger partial charge in [-0.1, -0.05) is 0 Å². The van der Waals surface area contributed by atoms with Gasteiger partial charge in [0.05, 0.1) is 11.5 Å². The van der Waals surface area contributed by atoms with E-state index in [0.717, 1.165) is 13.1 Å². The van der Waals surface area contributed by atoms with E-state index in [0.29, 0.717) is 23.3 Å². The van der Waals surface area contributed by atoms with Crippen molar-refractivity contribution in [2.45, 2.75) is 0 Å². The molecule has 0 amide bonds. The van der Waals surface area contributed by atoms with Crippen molar-refractivity contribution in [3.8, 4) is 0 Å². The van der Waals surface area contributed by atoms with Crippen molar-refractivity contribution in [2.24, 2.45) is 11.8 Å². The Morgan fingerprint density at radius 2 is 1.64 bits per heavy atom. The molecule has 0 aromatic rings. The summed E-state index contributed by atoms with van der Waals surface area (Å²) in [6.07, 6.45) is 0. The molecule has 64 valence electrons. The van der Waals surface area contributed by atoms with Gasteiger partial charge >= 0.3 is 0 Å². The highest BCUT2D eigenvalue weighted by Gasteiger charge is 2.42. The van der Waals surface area contributed by atoms with Gasteiger partial charge in [0, 0.05) is 36.0 Å². The first-order valence-corrected chi connectivity index (χ1v) is 6.46. The minimum atomic E-state index is -2.66. The third-order valence-corrected chi connectivity index (χ3v) is 5.13. The van der Waals surface area contributed by atoms with Crippen LogP contribution in [-0.4, -0.2) is 36.1 Å². The number of nitrogens with zero attached hydrogens (tertiary/aromatic N) is 1. The fraction of sp³-hybridized carbons (Fsp3) is 1.00. The number of rotatable bonds is 0. The van der Waals surface area contributed by atoms with Crippen LogP contribution >= 0.6 is 22.9 Å². The van der Waals surface area contributed by atoms with Crippen LogP contribution in [-0.2, 0) is 9.84 Å². The second-order valence-corrected chi connectivity index (χ2v) is 6.94. The average molecular weight is 287 g/mol. The van der Waals surface area contributed by atoms with Crippen molar-refractivity contribution in [1.29, 1.82) is 0 Å². The summed E-state index contributed by atoms with van der Waals surface area (Å²) in [6, 6.07) is 0. The Morgan fingerprint density at radius 3 is 2.09 bits per heavy atom. The van der Waals surface area contributed by atoms with Gasteiger partial charge in [0.2, 0.25) is 0 Å². The minimum absolute atomic E-state index is 0.428. The van der Waals surface area contributed by atoms with Crippen LogP contribution in [0.1, 0.15) is 0 Å². The molecule has 2 fully saturated rings. The summed E-state index contributed by atoms with van der Waals surface area (Å²) >= 11 is 2.27. The molecule has 0 aromatic carbocycles. The van der Waals surface area contributed by atoms with E-state index in [9.17, 15) is 8.42 Å². The number of fused-ring (bicyclic) bond motifs is 1. The van der Waals surface area contributed by atoms with E-state index < -0.39 is 9.84 Å². The molecule has 2 aliphatic rings. The summed E-state index contributed by atoms with van der Waals surface area (Å²) in [7, 11) is -2.66. The van der Waals surface area contributed by atoms with Crippen molar-refractivity contribution in [1.82, 2.24) is 3.11 Å². The molecule has 3 nitrogen and oxygen atoms in total. The molecule has 2 heterocycles. The van der Waals surface area contributed by atoms with Crippen molar-refractivity contribution >= 4 is 32.7 Å². The van der Waals surface area contributed by atoms with Gasteiger partial charge in [0.1, 0.15) is 0 Å². The zero-order chi connectivity index (χ0) is 8.06. The molecule has 2 saturated heterocycles. The summed E-state index contributed by atoms with van der Waals surface area (Å²) < 4.78 is 24.5. The maximum Gasteiger partial charge on any atom is 0.150 e. The zero-order valence-electron chi connectivity index (χ0n) is 6.03. The second-order valence-electron chi connectivity index (χ2n) is 3.42. The SMILES string of the molecule is O=S1(=O)CC2CN(I)CC2C1. The van der Waals surface area contributed by atoms with Crippen LogP contribution in [0.4, 0.5) is 0 Å². The monoisotopic (exact) mass is 287 g/mol. The van der Waals surface area contributed by atoms with E-state index >= 15 is 0 Å². The van der Waals surface area contributed by atoms with Gasteiger partial charge < -0.3 is 0 Å². The number of sulfone groups is 1. The molecule has 0 aromatic heterocycles. The van der Waals surface area contributed by atoms with Crippen LogP contribution in [0.15, 0.2) is 0 Å². The van der Waals surface area contributed by atoms with Gasteiger partial charge in [-0.15, -0.1) is 0 Å². The molecule has 2 unspecified atom stereocenters. The topological polar surface area (TPSA) is 37.4 Å². The quantitative estimate of drug-likeness (QED) is 0.475. The molecule has 0 aliphatic carbocycles. The summed E-state index contributed by atoms with van der Waals surface area (Å²) in [5, 5.41) is 0. The Balaban J connectivity index is 2.16. The molecule has 2 atom stereocenters. The molecule has 5 heteroatoms. The Kier molecular flexibility index (Phi) is 1.92. The molecule has 2 aliphatic heterocycles. The Hall–Kier alpha value is 0.640. The van der Waals surface area contributed by atoms with Crippen LogP contribution < -0.4 is 0 Å². The predicted octanol–water partition coefficient (Wildman–Crippen LogP) is 0.313.